The summed E-state index contributed by atoms with van der Waals surface area (Å²) in [6, 6.07) is 7.56. The Morgan fingerprint density at radius 2 is 1.84 bits per heavy atom. The van der Waals surface area contributed by atoms with Crippen molar-refractivity contribution in [1.29, 1.82) is 0 Å². The topological polar surface area (TPSA) is 67.8 Å². The lowest BCUT2D eigenvalue weighted by Gasteiger charge is -1.94. The zero-order chi connectivity index (χ0) is 14.5. The maximum Gasteiger partial charge on any atom is 0.0739 e. The fraction of sp³-hybridized carbons (Fsp3) is 0.438. The van der Waals surface area contributed by atoms with E-state index in [-0.39, 0.29) is 0 Å². The fourth-order valence-corrected chi connectivity index (χ4v) is 1.45. The molecule has 0 amide bonds. The molecule has 106 valence electrons. The van der Waals surface area contributed by atoms with Crippen molar-refractivity contribution in [1.82, 2.24) is 0 Å². The van der Waals surface area contributed by atoms with E-state index < -0.39 is 5.97 Å². The number of hydrogen-bond donors (Lipinski definition) is 1. The van der Waals surface area contributed by atoms with Crippen LogP contribution in [-0.2, 0) is 4.79 Å². The Labute approximate surface area is 116 Å². The van der Waals surface area contributed by atoms with Crippen LogP contribution in [0.15, 0.2) is 30.3 Å². The van der Waals surface area contributed by atoms with Gasteiger partial charge >= 0.3 is 0 Å². The Morgan fingerprint density at radius 1 is 1.21 bits per heavy atom. The Kier molecular flexibility index (Phi) is 10.5. The highest BCUT2D eigenvalue weighted by Gasteiger charge is 1.85. The maximum absolute atomic E-state index is 10.0. The first-order valence-corrected chi connectivity index (χ1v) is 6.85. The molecule has 0 spiro atoms. The van der Waals surface area contributed by atoms with Crippen molar-refractivity contribution >= 4 is 12.0 Å². The highest BCUT2D eigenvalue weighted by Crippen LogP contribution is 2.04. The van der Waals surface area contributed by atoms with Crippen LogP contribution in [0.4, 0.5) is 0 Å². The first-order valence-electron chi connectivity index (χ1n) is 6.85. The summed E-state index contributed by atoms with van der Waals surface area (Å²) in [5.41, 5.74) is 5.78. The zero-order valence-electron chi connectivity index (χ0n) is 12.0. The van der Waals surface area contributed by atoms with E-state index in [1.165, 1.54) is 31.8 Å². The monoisotopic (exact) mass is 263 g/mol. The van der Waals surface area contributed by atoms with Gasteiger partial charge in [0.15, 0.2) is 0 Å². The van der Waals surface area contributed by atoms with E-state index >= 15 is 0 Å². The van der Waals surface area contributed by atoms with Crippen molar-refractivity contribution in [3.05, 3.63) is 41.5 Å². The molecule has 19 heavy (non-hydrogen) atoms. The standard InChI is InChI=1S/C10H10O2.C6H15N/c1-8-2-4-9(5-3-8)6-7-10(11)12;1-2-3-4-5-6-7/h2-7H,1H3,(H,11,12);2-7H2,1H3/b7-6+;. The van der Waals surface area contributed by atoms with E-state index in [9.17, 15) is 9.90 Å². The number of rotatable bonds is 6. The summed E-state index contributed by atoms with van der Waals surface area (Å²) in [5.74, 6) is -1.17. The second-order valence-corrected chi connectivity index (χ2v) is 4.48. The van der Waals surface area contributed by atoms with Crippen LogP contribution < -0.4 is 10.8 Å². The molecular formula is C16H25NO2. The lowest BCUT2D eigenvalue weighted by Crippen LogP contribution is -2.50. The van der Waals surface area contributed by atoms with Gasteiger partial charge in [0.1, 0.15) is 0 Å². The van der Waals surface area contributed by atoms with Crippen molar-refractivity contribution in [2.24, 2.45) is 0 Å². The molecule has 0 saturated carbocycles. The van der Waals surface area contributed by atoms with Crippen LogP contribution in [0, 0.1) is 6.92 Å². The summed E-state index contributed by atoms with van der Waals surface area (Å²) in [6.45, 7) is 5.31. The van der Waals surface area contributed by atoms with Crippen molar-refractivity contribution in [2.75, 3.05) is 6.54 Å². The third-order valence-corrected chi connectivity index (χ3v) is 2.59. The van der Waals surface area contributed by atoms with E-state index in [1.54, 1.807) is 0 Å². The van der Waals surface area contributed by atoms with E-state index in [1.807, 2.05) is 31.2 Å². The summed E-state index contributed by atoms with van der Waals surface area (Å²) in [7, 11) is 0. The van der Waals surface area contributed by atoms with Gasteiger partial charge in [0, 0.05) is 0 Å². The highest BCUT2D eigenvalue weighted by molar-refractivity contribution is 5.83. The molecule has 0 aromatic heterocycles. The number of carbonyl (C=O) groups excluding carboxylic acids is 1. The molecule has 1 aromatic carbocycles. The second-order valence-electron chi connectivity index (χ2n) is 4.48. The van der Waals surface area contributed by atoms with Gasteiger partial charge in [-0.05, 0) is 31.4 Å². The summed E-state index contributed by atoms with van der Waals surface area (Å²) in [6.07, 6.45) is 7.93. The first-order chi connectivity index (χ1) is 9.10. The van der Waals surface area contributed by atoms with Crippen LogP contribution in [0.3, 0.4) is 0 Å². The predicted molar refractivity (Wildman–Crippen MR) is 77.1 cm³/mol. The van der Waals surface area contributed by atoms with E-state index in [2.05, 4.69) is 12.7 Å². The summed E-state index contributed by atoms with van der Waals surface area (Å²) in [4.78, 5) is 10.0. The van der Waals surface area contributed by atoms with Gasteiger partial charge in [-0.3, -0.25) is 0 Å². The normalized spacial score (nSPS) is 10.1. The lowest BCUT2D eigenvalue weighted by molar-refractivity contribution is -0.368. The molecule has 0 saturated heterocycles. The molecule has 0 aliphatic rings. The summed E-state index contributed by atoms with van der Waals surface area (Å²) in [5, 5.41) is 10.0. The quantitative estimate of drug-likeness (QED) is 0.625. The molecule has 0 aliphatic carbocycles. The number of carbonyl (C=O) groups is 1. The van der Waals surface area contributed by atoms with Crippen LogP contribution in [0.2, 0.25) is 0 Å². The molecule has 0 fully saturated rings. The molecule has 0 aliphatic heterocycles. The molecule has 0 atom stereocenters. The Balaban J connectivity index is 0.000000399. The van der Waals surface area contributed by atoms with Gasteiger partial charge in [0.05, 0.1) is 12.5 Å². The van der Waals surface area contributed by atoms with Crippen molar-refractivity contribution < 1.29 is 15.6 Å². The van der Waals surface area contributed by atoms with Gasteiger partial charge in [-0.1, -0.05) is 55.7 Å². The van der Waals surface area contributed by atoms with Crippen molar-refractivity contribution in [3.63, 3.8) is 0 Å². The zero-order valence-corrected chi connectivity index (χ0v) is 12.0. The van der Waals surface area contributed by atoms with Crippen LogP contribution in [0.25, 0.3) is 6.08 Å². The number of quaternary nitrogens is 1. The van der Waals surface area contributed by atoms with Crippen LogP contribution in [-0.4, -0.2) is 12.5 Å². The highest BCUT2D eigenvalue weighted by atomic mass is 16.4. The van der Waals surface area contributed by atoms with Crippen molar-refractivity contribution in [3.8, 4) is 0 Å². The number of hydrogen-bond acceptors (Lipinski definition) is 2. The van der Waals surface area contributed by atoms with Gasteiger partial charge in [-0.25, -0.2) is 0 Å². The second kappa shape index (κ2) is 11.5. The molecular weight excluding hydrogens is 238 g/mol. The smallest absolute Gasteiger partial charge is 0.0739 e. The fourth-order valence-electron chi connectivity index (χ4n) is 1.45. The summed E-state index contributed by atoms with van der Waals surface area (Å²) >= 11 is 0. The van der Waals surface area contributed by atoms with E-state index in [0.717, 1.165) is 23.7 Å². The number of benzene rings is 1. The average Bonchev–Trinajstić information content (AvgIpc) is 2.39. The molecule has 0 bridgehead atoms. The number of aliphatic carboxylic acids is 1. The molecule has 3 heteroatoms. The molecule has 0 radical (unpaired) electrons. The van der Waals surface area contributed by atoms with Crippen LogP contribution in [0.5, 0.6) is 0 Å². The minimum absolute atomic E-state index is 0.866. The largest absolute Gasteiger partial charge is 0.545 e. The Hall–Kier alpha value is -1.61. The number of unbranched alkanes of at least 4 members (excludes halogenated alkanes) is 3. The maximum atomic E-state index is 10.0. The minimum Gasteiger partial charge on any atom is -0.545 e. The lowest BCUT2D eigenvalue weighted by atomic mass is 10.1. The van der Waals surface area contributed by atoms with Gasteiger partial charge < -0.3 is 15.6 Å². The van der Waals surface area contributed by atoms with Gasteiger partial charge in [-0.2, -0.15) is 0 Å². The molecule has 3 nitrogen and oxygen atoms in total. The molecule has 1 aromatic rings. The number of aryl methyl sites for hydroxylation is 1. The van der Waals surface area contributed by atoms with Crippen LogP contribution >= 0.6 is 0 Å². The third kappa shape index (κ3) is 11.2. The predicted octanol–water partition coefficient (Wildman–Crippen LogP) is 1.57. The first kappa shape index (κ1) is 17.4. The van der Waals surface area contributed by atoms with Crippen LogP contribution in [0.1, 0.15) is 43.7 Å². The minimum atomic E-state index is -1.17. The Morgan fingerprint density at radius 3 is 2.32 bits per heavy atom. The molecule has 0 unspecified atom stereocenters. The molecule has 0 heterocycles. The van der Waals surface area contributed by atoms with E-state index in [4.69, 9.17) is 0 Å². The van der Waals surface area contributed by atoms with E-state index in [0.29, 0.717) is 0 Å². The van der Waals surface area contributed by atoms with Crippen molar-refractivity contribution in [2.45, 2.75) is 39.5 Å². The number of carboxylic acids is 1. The summed E-state index contributed by atoms with van der Waals surface area (Å²) < 4.78 is 0. The van der Waals surface area contributed by atoms with Gasteiger partial charge in [-0.15, -0.1) is 0 Å². The Bertz CT molecular complexity index is 365. The van der Waals surface area contributed by atoms with Gasteiger partial charge in [0.2, 0.25) is 0 Å². The van der Waals surface area contributed by atoms with Gasteiger partial charge in [0.25, 0.3) is 0 Å². The SMILES string of the molecule is CCCCCC[NH3+].Cc1ccc(/C=C/C(=O)[O-])cc1. The molecule has 1 rings (SSSR count). The average molecular weight is 263 g/mol. The number of carboxylic acid groups (broad SMARTS) is 1. The molecule has 3 N–H and O–H groups in total. The third-order valence-electron chi connectivity index (χ3n) is 2.59.